The lowest BCUT2D eigenvalue weighted by atomic mass is 10.2. The van der Waals surface area contributed by atoms with Crippen LogP contribution in [-0.2, 0) is 0 Å². The highest BCUT2D eigenvalue weighted by molar-refractivity contribution is 6.25. The maximum Gasteiger partial charge on any atom is 0.0585 e. The Labute approximate surface area is 53.9 Å². The van der Waals surface area contributed by atoms with Crippen LogP contribution in [0.2, 0.25) is 0 Å². The van der Waals surface area contributed by atoms with Gasteiger partial charge in [-0.15, -0.1) is 0 Å². The van der Waals surface area contributed by atoms with Gasteiger partial charge in [-0.2, -0.15) is 0 Å². The van der Waals surface area contributed by atoms with Crippen molar-refractivity contribution in [2.24, 2.45) is 5.73 Å². The molecule has 3 N–H and O–H groups in total. The second-order valence-electron chi connectivity index (χ2n) is 1.54. The fraction of sp³-hybridized carbons (Fsp3) is 0.600. The highest BCUT2D eigenvalue weighted by atomic mass is 35.5. The van der Waals surface area contributed by atoms with Gasteiger partial charge in [0.05, 0.1) is 6.61 Å². The first-order chi connectivity index (χ1) is 3.81. The third-order valence-corrected chi connectivity index (χ3v) is 0.941. The molecule has 0 aliphatic rings. The van der Waals surface area contributed by atoms with E-state index >= 15 is 0 Å². The van der Waals surface area contributed by atoms with Crippen molar-refractivity contribution in [1.82, 2.24) is 0 Å². The van der Waals surface area contributed by atoms with E-state index in [0.29, 0.717) is 6.42 Å². The fourth-order valence-electron chi connectivity index (χ4n) is 0.301. The van der Waals surface area contributed by atoms with Crippen molar-refractivity contribution in [3.8, 4) is 0 Å². The minimum atomic E-state index is -0.162. The van der Waals surface area contributed by atoms with E-state index < -0.39 is 0 Å². The van der Waals surface area contributed by atoms with Gasteiger partial charge in [-0.1, -0.05) is 17.7 Å². The van der Waals surface area contributed by atoms with Gasteiger partial charge >= 0.3 is 0 Å². The molecule has 3 heteroatoms. The topological polar surface area (TPSA) is 46.2 Å². The largest absolute Gasteiger partial charge is 0.395 e. The van der Waals surface area contributed by atoms with Gasteiger partial charge in [-0.3, -0.25) is 0 Å². The van der Waals surface area contributed by atoms with Crippen molar-refractivity contribution >= 4 is 11.6 Å². The zero-order valence-electron chi connectivity index (χ0n) is 4.55. The molecule has 0 radical (unpaired) electrons. The molecule has 0 aromatic heterocycles. The number of aliphatic hydroxyl groups is 1. The van der Waals surface area contributed by atoms with E-state index in [0.717, 1.165) is 0 Å². The quantitative estimate of drug-likeness (QED) is 0.590. The van der Waals surface area contributed by atoms with Crippen LogP contribution in [0.1, 0.15) is 6.42 Å². The van der Waals surface area contributed by atoms with Crippen LogP contribution in [0.5, 0.6) is 0 Å². The van der Waals surface area contributed by atoms with Crippen LogP contribution in [-0.4, -0.2) is 17.8 Å². The van der Waals surface area contributed by atoms with Crippen LogP contribution in [0.3, 0.4) is 0 Å². The van der Waals surface area contributed by atoms with Gasteiger partial charge in [0.25, 0.3) is 0 Å². The standard InChI is InChI=1S/C5H10ClNO/c6-3-1-2-5(7)4-8/h1,3,5,8H,2,4,7H2/b3-1+. The van der Waals surface area contributed by atoms with Gasteiger partial charge in [-0.05, 0) is 6.42 Å². The van der Waals surface area contributed by atoms with Gasteiger partial charge in [-0.25, -0.2) is 0 Å². The molecule has 0 aliphatic heterocycles. The van der Waals surface area contributed by atoms with Gasteiger partial charge in [0.1, 0.15) is 0 Å². The molecule has 8 heavy (non-hydrogen) atoms. The fourth-order valence-corrected chi connectivity index (χ4v) is 0.404. The summed E-state index contributed by atoms with van der Waals surface area (Å²) in [6.07, 6.45) is 2.35. The second-order valence-corrected chi connectivity index (χ2v) is 1.79. The molecule has 0 bridgehead atoms. The summed E-state index contributed by atoms with van der Waals surface area (Å²) in [6.45, 7) is 0.0151. The number of rotatable bonds is 3. The Morgan fingerprint density at radius 3 is 2.75 bits per heavy atom. The van der Waals surface area contributed by atoms with Crippen LogP contribution in [0.4, 0.5) is 0 Å². The number of nitrogens with two attached hydrogens (primary N) is 1. The molecule has 0 fully saturated rings. The van der Waals surface area contributed by atoms with Crippen LogP contribution in [0.15, 0.2) is 11.6 Å². The van der Waals surface area contributed by atoms with E-state index in [1.165, 1.54) is 5.54 Å². The van der Waals surface area contributed by atoms with Gasteiger partial charge in [0, 0.05) is 11.6 Å². The molecule has 2 nitrogen and oxygen atoms in total. The lowest BCUT2D eigenvalue weighted by Gasteiger charge is -2.00. The first-order valence-corrected chi connectivity index (χ1v) is 2.86. The first kappa shape index (κ1) is 7.95. The molecule has 1 atom stereocenters. The van der Waals surface area contributed by atoms with Crippen molar-refractivity contribution in [3.05, 3.63) is 11.6 Å². The molecule has 0 saturated heterocycles. The number of hydrogen-bond donors (Lipinski definition) is 2. The van der Waals surface area contributed by atoms with Crippen molar-refractivity contribution in [2.45, 2.75) is 12.5 Å². The Morgan fingerprint density at radius 2 is 2.38 bits per heavy atom. The zero-order valence-corrected chi connectivity index (χ0v) is 5.30. The molecule has 0 rings (SSSR count). The normalized spacial score (nSPS) is 14.9. The Kier molecular flexibility index (Phi) is 5.06. The molecule has 48 valence electrons. The molecule has 0 saturated carbocycles. The van der Waals surface area contributed by atoms with Crippen molar-refractivity contribution < 1.29 is 5.11 Å². The minimum absolute atomic E-state index is 0.0151. The summed E-state index contributed by atoms with van der Waals surface area (Å²) in [5.41, 5.74) is 6.70. The third kappa shape index (κ3) is 4.12. The molecular weight excluding hydrogens is 126 g/mol. The second kappa shape index (κ2) is 5.09. The van der Waals surface area contributed by atoms with E-state index in [4.69, 9.17) is 22.4 Å². The van der Waals surface area contributed by atoms with Crippen LogP contribution in [0, 0.1) is 0 Å². The molecule has 0 aromatic carbocycles. The average Bonchev–Trinajstić information content (AvgIpc) is 1.83. The first-order valence-electron chi connectivity index (χ1n) is 2.43. The summed E-state index contributed by atoms with van der Waals surface area (Å²) < 4.78 is 0. The monoisotopic (exact) mass is 135 g/mol. The molecule has 0 heterocycles. The van der Waals surface area contributed by atoms with Crippen LogP contribution in [0.25, 0.3) is 0 Å². The lowest BCUT2D eigenvalue weighted by molar-refractivity contribution is 0.266. The minimum Gasteiger partial charge on any atom is -0.395 e. The predicted molar refractivity (Wildman–Crippen MR) is 34.7 cm³/mol. The predicted octanol–water partition coefficient (Wildman–Crippen LogP) is 0.449. The van der Waals surface area contributed by atoms with Gasteiger partial charge < -0.3 is 10.8 Å². The highest BCUT2D eigenvalue weighted by Crippen LogP contribution is 1.89. The van der Waals surface area contributed by atoms with Crippen LogP contribution < -0.4 is 5.73 Å². The van der Waals surface area contributed by atoms with E-state index in [1.54, 1.807) is 6.08 Å². The summed E-state index contributed by atoms with van der Waals surface area (Å²) >= 11 is 5.18. The van der Waals surface area contributed by atoms with Crippen molar-refractivity contribution in [1.29, 1.82) is 0 Å². The molecule has 1 unspecified atom stereocenters. The van der Waals surface area contributed by atoms with Gasteiger partial charge in [0.15, 0.2) is 0 Å². The third-order valence-electron chi connectivity index (χ3n) is 0.762. The van der Waals surface area contributed by atoms with Gasteiger partial charge in [0.2, 0.25) is 0 Å². The van der Waals surface area contributed by atoms with E-state index in [9.17, 15) is 0 Å². The lowest BCUT2D eigenvalue weighted by Crippen LogP contribution is -2.22. The Balaban J connectivity index is 3.10. The number of aliphatic hydroxyl groups excluding tert-OH is 1. The molecule has 0 spiro atoms. The van der Waals surface area contributed by atoms with E-state index in [2.05, 4.69) is 0 Å². The maximum absolute atomic E-state index is 8.36. The van der Waals surface area contributed by atoms with E-state index in [1.807, 2.05) is 0 Å². The number of halogens is 1. The zero-order chi connectivity index (χ0) is 6.41. The van der Waals surface area contributed by atoms with Crippen molar-refractivity contribution in [2.75, 3.05) is 6.61 Å². The molecule has 0 amide bonds. The summed E-state index contributed by atoms with van der Waals surface area (Å²) in [7, 11) is 0. The van der Waals surface area contributed by atoms with E-state index in [-0.39, 0.29) is 12.6 Å². The Bertz CT molecular complexity index is 74.8. The number of hydrogen-bond acceptors (Lipinski definition) is 2. The van der Waals surface area contributed by atoms with Crippen molar-refractivity contribution in [3.63, 3.8) is 0 Å². The molecule has 0 aliphatic carbocycles. The molecular formula is C5H10ClNO. The maximum atomic E-state index is 8.36. The SMILES string of the molecule is NC(CO)C/C=C/Cl. The summed E-state index contributed by atoms with van der Waals surface area (Å²) in [5.74, 6) is 0. The Morgan fingerprint density at radius 1 is 1.75 bits per heavy atom. The molecule has 0 aromatic rings. The van der Waals surface area contributed by atoms with Crippen LogP contribution >= 0.6 is 11.6 Å². The summed E-state index contributed by atoms with van der Waals surface area (Å²) in [5, 5.41) is 8.36. The summed E-state index contributed by atoms with van der Waals surface area (Å²) in [4.78, 5) is 0. The smallest absolute Gasteiger partial charge is 0.0585 e. The average molecular weight is 136 g/mol. The highest BCUT2D eigenvalue weighted by Gasteiger charge is 1.93. The Hall–Kier alpha value is -0.0500. The summed E-state index contributed by atoms with van der Waals surface area (Å²) in [6, 6.07) is -0.162.